The molecule has 0 aromatic heterocycles. The third-order valence-electron chi connectivity index (χ3n) is 12.5. The molecule has 3 aromatic carbocycles. The Hall–Kier alpha value is -6.90. The van der Waals surface area contributed by atoms with E-state index >= 15 is 0 Å². The fourth-order valence-electron chi connectivity index (χ4n) is 7.94. The van der Waals surface area contributed by atoms with Gasteiger partial charge in [0.2, 0.25) is 0 Å². The second-order valence-corrected chi connectivity index (χ2v) is 19.0. The van der Waals surface area contributed by atoms with Crippen LogP contribution in [-0.2, 0) is 57.2 Å². The van der Waals surface area contributed by atoms with Gasteiger partial charge in [-0.1, -0.05) is 133 Å². The molecule has 0 heterocycles. The number of methoxy groups -OCH3 is 3. The molecule has 0 aliphatic rings. The molecule has 0 aliphatic heterocycles. The summed E-state index contributed by atoms with van der Waals surface area (Å²) in [6, 6.07) is 22.6. The monoisotopic (exact) mass is 1080 g/mol. The van der Waals surface area contributed by atoms with Gasteiger partial charge in [-0.2, -0.15) is 0 Å². The SMILES string of the molecule is COC(=O)C=Cc1ccc(OCCCCCCCCCC(=O)OCC(COC(=O)CCCCCCCCCOc2ccc(C=CC(=O)OC)cc2)OC(=O)CCCCCCCCCOc2ccc(C=CC(=O)OC)cc2)cc1. The molecule has 0 atom stereocenters. The molecule has 78 heavy (non-hydrogen) atoms. The number of esters is 6. The summed E-state index contributed by atoms with van der Waals surface area (Å²) in [5, 5.41) is 0. The van der Waals surface area contributed by atoms with Gasteiger partial charge in [-0.25, -0.2) is 14.4 Å². The number of carbonyl (C=O) groups excluding carboxylic acids is 6. The van der Waals surface area contributed by atoms with Gasteiger partial charge in [-0.05, 0) is 110 Å². The van der Waals surface area contributed by atoms with Gasteiger partial charge >= 0.3 is 35.8 Å². The fourth-order valence-corrected chi connectivity index (χ4v) is 7.94. The predicted molar refractivity (Wildman–Crippen MR) is 302 cm³/mol. The highest BCUT2D eigenvalue weighted by Gasteiger charge is 2.20. The van der Waals surface area contributed by atoms with Crippen molar-refractivity contribution in [2.75, 3.05) is 54.4 Å². The van der Waals surface area contributed by atoms with Crippen molar-refractivity contribution in [3.8, 4) is 17.2 Å². The molecule has 0 spiro atoms. The van der Waals surface area contributed by atoms with Crippen LogP contribution in [0, 0.1) is 0 Å². The summed E-state index contributed by atoms with van der Waals surface area (Å²) in [6.45, 7) is 1.52. The van der Waals surface area contributed by atoms with Crippen molar-refractivity contribution in [1.82, 2.24) is 0 Å². The van der Waals surface area contributed by atoms with Crippen LogP contribution >= 0.6 is 0 Å². The lowest BCUT2D eigenvalue weighted by atomic mass is 10.1. The van der Waals surface area contributed by atoms with E-state index in [1.165, 1.54) is 39.6 Å². The van der Waals surface area contributed by atoms with Gasteiger partial charge in [-0.15, -0.1) is 0 Å². The summed E-state index contributed by atoms with van der Waals surface area (Å²) in [5.41, 5.74) is 2.65. The maximum Gasteiger partial charge on any atom is 0.330 e. The second-order valence-electron chi connectivity index (χ2n) is 19.0. The van der Waals surface area contributed by atoms with Gasteiger partial charge in [0.25, 0.3) is 0 Å². The minimum atomic E-state index is -0.883. The van der Waals surface area contributed by atoms with Crippen molar-refractivity contribution in [3.05, 3.63) is 108 Å². The van der Waals surface area contributed by atoms with E-state index in [1.54, 1.807) is 18.2 Å². The zero-order chi connectivity index (χ0) is 56.1. The Morgan fingerprint density at radius 3 is 0.885 bits per heavy atom. The third-order valence-corrected chi connectivity index (χ3v) is 12.5. The lowest BCUT2D eigenvalue weighted by Gasteiger charge is -2.18. The van der Waals surface area contributed by atoms with Crippen molar-refractivity contribution in [3.63, 3.8) is 0 Å². The van der Waals surface area contributed by atoms with Crippen LogP contribution < -0.4 is 14.2 Å². The first kappa shape index (κ1) is 65.4. The smallest absolute Gasteiger partial charge is 0.330 e. The fraction of sp³-hybridized carbons (Fsp3) is 0.524. The van der Waals surface area contributed by atoms with E-state index in [2.05, 4.69) is 14.2 Å². The maximum atomic E-state index is 12.9. The average Bonchev–Trinajstić information content (AvgIpc) is 3.46. The minimum Gasteiger partial charge on any atom is -0.494 e. The molecule has 0 saturated carbocycles. The van der Waals surface area contributed by atoms with E-state index in [0.717, 1.165) is 150 Å². The summed E-state index contributed by atoms with van der Waals surface area (Å²) in [5.74, 6) is -0.0109. The first-order chi connectivity index (χ1) is 38.1. The molecule has 3 rings (SSSR count). The predicted octanol–water partition coefficient (Wildman–Crippen LogP) is 13.1. The molecule has 0 amide bonds. The summed E-state index contributed by atoms with van der Waals surface area (Å²) < 4.78 is 48.2. The molecule has 15 nitrogen and oxygen atoms in total. The van der Waals surface area contributed by atoms with Crippen molar-refractivity contribution in [2.24, 2.45) is 0 Å². The summed E-state index contributed by atoms with van der Waals surface area (Å²) >= 11 is 0. The maximum absolute atomic E-state index is 12.9. The first-order valence-corrected chi connectivity index (χ1v) is 28.0. The van der Waals surface area contributed by atoms with Gasteiger partial charge in [0.1, 0.15) is 30.5 Å². The van der Waals surface area contributed by atoms with E-state index in [4.69, 9.17) is 28.4 Å². The van der Waals surface area contributed by atoms with Gasteiger partial charge in [0, 0.05) is 37.5 Å². The standard InChI is InChI=1S/C63H86O15/c1-70-58(64)43-34-51-28-37-54(38-29-51)73-46-22-16-10-4-7-13-19-25-61(67)76-49-57(78-63(69)27-21-15-9-6-12-18-24-48-75-56-41-32-53(33-42-56)36-45-60(66)72-3)50-77-62(68)26-20-14-8-5-11-17-23-47-74-55-39-30-52(31-40-55)35-44-59(65)71-2/h28-45,57H,4-27,46-50H2,1-3H3. The molecule has 15 heteroatoms. The number of rotatable bonds is 44. The number of hydrogen-bond donors (Lipinski definition) is 0. The zero-order valence-corrected chi connectivity index (χ0v) is 46.6. The van der Waals surface area contributed by atoms with E-state index < -0.39 is 30.0 Å². The van der Waals surface area contributed by atoms with Crippen LogP contribution in [0.1, 0.15) is 171 Å². The van der Waals surface area contributed by atoms with Crippen LogP contribution in [0.5, 0.6) is 17.2 Å². The number of benzene rings is 3. The average molecular weight is 1080 g/mol. The van der Waals surface area contributed by atoms with Gasteiger partial charge in [0.05, 0.1) is 41.2 Å². The molecular formula is C63H86O15. The quantitative estimate of drug-likeness (QED) is 0.0225. The van der Waals surface area contributed by atoms with Crippen LogP contribution in [0.3, 0.4) is 0 Å². The van der Waals surface area contributed by atoms with Crippen LogP contribution in [-0.4, -0.2) is 96.3 Å². The number of ether oxygens (including phenoxy) is 9. The summed E-state index contributed by atoms with van der Waals surface area (Å²) in [6.07, 6.45) is 29.1. The Kier molecular flexibility index (Phi) is 36.1. The van der Waals surface area contributed by atoms with Crippen molar-refractivity contribution >= 4 is 54.0 Å². The normalized spacial score (nSPS) is 11.6. The molecule has 0 bridgehead atoms. The van der Waals surface area contributed by atoms with Crippen LogP contribution in [0.15, 0.2) is 91.0 Å². The largest absolute Gasteiger partial charge is 0.494 e. The number of carbonyl (C=O) groups is 6. The van der Waals surface area contributed by atoms with Gasteiger partial charge in [-0.3, -0.25) is 14.4 Å². The van der Waals surface area contributed by atoms with E-state index in [9.17, 15) is 28.8 Å². The Bertz CT molecular complexity index is 2110. The van der Waals surface area contributed by atoms with E-state index in [1.807, 2.05) is 72.8 Å². The molecular weight excluding hydrogens is 997 g/mol. The second kappa shape index (κ2) is 43.1. The first-order valence-electron chi connectivity index (χ1n) is 28.0. The highest BCUT2D eigenvalue weighted by atomic mass is 16.6. The minimum absolute atomic E-state index is 0.173. The molecule has 3 aromatic rings. The van der Waals surface area contributed by atoms with Crippen LogP contribution in [0.25, 0.3) is 18.2 Å². The highest BCUT2D eigenvalue weighted by Crippen LogP contribution is 2.19. The molecule has 0 aliphatic carbocycles. The molecule has 0 fully saturated rings. The van der Waals surface area contributed by atoms with Gasteiger partial charge in [0.15, 0.2) is 6.10 Å². The third kappa shape index (κ3) is 34.0. The number of unbranched alkanes of at least 4 members (excludes halogenated alkanes) is 18. The van der Waals surface area contributed by atoms with Crippen LogP contribution in [0.4, 0.5) is 0 Å². The lowest BCUT2D eigenvalue weighted by molar-refractivity contribution is -0.167. The Labute approximate surface area is 463 Å². The summed E-state index contributed by atoms with van der Waals surface area (Å²) in [7, 11) is 4.03. The van der Waals surface area contributed by atoms with E-state index in [0.29, 0.717) is 39.1 Å². The molecule has 0 saturated heterocycles. The zero-order valence-electron chi connectivity index (χ0n) is 46.6. The van der Waals surface area contributed by atoms with E-state index in [-0.39, 0.29) is 44.4 Å². The van der Waals surface area contributed by atoms with Crippen molar-refractivity contribution in [1.29, 1.82) is 0 Å². The van der Waals surface area contributed by atoms with Gasteiger partial charge < -0.3 is 42.6 Å². The molecule has 428 valence electrons. The Morgan fingerprint density at radius 2 is 0.603 bits per heavy atom. The molecule has 0 unspecified atom stereocenters. The molecule has 0 N–H and O–H groups in total. The lowest BCUT2D eigenvalue weighted by Crippen LogP contribution is -2.30. The van der Waals surface area contributed by atoms with Crippen molar-refractivity contribution in [2.45, 2.75) is 160 Å². The Morgan fingerprint density at radius 1 is 0.346 bits per heavy atom. The highest BCUT2D eigenvalue weighted by molar-refractivity contribution is 5.88. The molecule has 0 radical (unpaired) electrons. The van der Waals surface area contributed by atoms with Crippen LogP contribution in [0.2, 0.25) is 0 Å². The van der Waals surface area contributed by atoms with Crippen molar-refractivity contribution < 1.29 is 71.4 Å². The summed E-state index contributed by atoms with van der Waals surface area (Å²) in [4.78, 5) is 72.3. The topological polar surface area (TPSA) is 185 Å². The number of hydrogen-bond acceptors (Lipinski definition) is 15. The Balaban J connectivity index is 1.27.